The van der Waals surface area contributed by atoms with E-state index in [1.807, 2.05) is 12.1 Å². The number of nitrogens with one attached hydrogen (secondary N) is 1. The van der Waals surface area contributed by atoms with Crippen molar-refractivity contribution in [2.45, 2.75) is 43.7 Å². The number of hydrogen-bond acceptors (Lipinski definition) is 5. The van der Waals surface area contributed by atoms with Crippen LogP contribution in [0.15, 0.2) is 43.1 Å². The van der Waals surface area contributed by atoms with Gasteiger partial charge in [-0.25, -0.2) is 19.0 Å². The van der Waals surface area contributed by atoms with E-state index in [9.17, 15) is 22.4 Å². The van der Waals surface area contributed by atoms with Crippen molar-refractivity contribution in [3.8, 4) is 5.95 Å². The molecule has 3 aromatic rings. The Morgan fingerprint density at radius 2 is 1.84 bits per heavy atom. The van der Waals surface area contributed by atoms with Crippen molar-refractivity contribution in [1.82, 2.24) is 30.0 Å². The van der Waals surface area contributed by atoms with Crippen molar-refractivity contribution in [2.75, 3.05) is 6.54 Å². The quantitative estimate of drug-likeness (QED) is 0.600. The third-order valence-electron chi connectivity index (χ3n) is 5.71. The number of carbonyl (C=O) groups excluding carboxylic acids is 1. The summed E-state index contributed by atoms with van der Waals surface area (Å²) in [4.78, 5) is 24.3. The molecule has 0 bridgehead atoms. The molecule has 7 nitrogen and oxygen atoms in total. The normalized spacial score (nSPS) is 16.0. The summed E-state index contributed by atoms with van der Waals surface area (Å²) in [5, 5.41) is 6.12. The number of carbonyl (C=O) groups is 1. The standard InChI is InChI=1S/C21H20F4N6O/c22-15-10-27-19(28-11-15)31-12-16(17(30-31)21(23,24)25)18(32)29-13-20(6-2-1-3-7-20)14-5-4-8-26-9-14/h4-5,8-12H,1-3,6-7,13H2,(H,29,32). The summed E-state index contributed by atoms with van der Waals surface area (Å²) < 4.78 is 54.5. The molecule has 3 aromatic heterocycles. The molecule has 0 saturated heterocycles. The van der Waals surface area contributed by atoms with Gasteiger partial charge in [-0.1, -0.05) is 25.3 Å². The monoisotopic (exact) mass is 448 g/mol. The Hall–Kier alpha value is -3.37. The van der Waals surface area contributed by atoms with Crippen molar-refractivity contribution in [3.05, 3.63) is 65.8 Å². The van der Waals surface area contributed by atoms with Gasteiger partial charge in [0, 0.05) is 30.6 Å². The van der Waals surface area contributed by atoms with Crippen LogP contribution >= 0.6 is 0 Å². The van der Waals surface area contributed by atoms with Crippen molar-refractivity contribution < 1.29 is 22.4 Å². The Balaban J connectivity index is 1.61. The van der Waals surface area contributed by atoms with E-state index in [4.69, 9.17) is 0 Å². The van der Waals surface area contributed by atoms with Gasteiger partial charge >= 0.3 is 6.18 Å². The Labute approximate surface area is 180 Å². The molecule has 1 fully saturated rings. The lowest BCUT2D eigenvalue weighted by atomic mass is 9.70. The molecule has 1 aliphatic rings. The number of nitrogens with zero attached hydrogens (tertiary/aromatic N) is 5. The maximum absolute atomic E-state index is 13.6. The van der Waals surface area contributed by atoms with E-state index in [-0.39, 0.29) is 12.5 Å². The van der Waals surface area contributed by atoms with Crippen molar-refractivity contribution in [1.29, 1.82) is 0 Å². The van der Waals surface area contributed by atoms with Gasteiger partial charge in [0.05, 0.1) is 18.0 Å². The van der Waals surface area contributed by atoms with E-state index in [1.165, 1.54) is 0 Å². The number of aromatic nitrogens is 5. The van der Waals surface area contributed by atoms with E-state index < -0.39 is 34.6 Å². The highest BCUT2D eigenvalue weighted by Crippen LogP contribution is 2.39. The zero-order valence-electron chi connectivity index (χ0n) is 16.9. The predicted molar refractivity (Wildman–Crippen MR) is 105 cm³/mol. The number of amides is 1. The van der Waals surface area contributed by atoms with Crippen LogP contribution in [0.25, 0.3) is 5.95 Å². The highest BCUT2D eigenvalue weighted by molar-refractivity contribution is 5.95. The summed E-state index contributed by atoms with van der Waals surface area (Å²) >= 11 is 0. The number of rotatable bonds is 5. The molecule has 168 valence electrons. The molecule has 3 heterocycles. The number of alkyl halides is 3. The third kappa shape index (κ3) is 4.46. The van der Waals surface area contributed by atoms with Crippen LogP contribution in [-0.4, -0.2) is 37.2 Å². The van der Waals surface area contributed by atoms with Gasteiger partial charge in [0.15, 0.2) is 11.5 Å². The summed E-state index contributed by atoms with van der Waals surface area (Å²) in [6, 6.07) is 3.73. The van der Waals surface area contributed by atoms with Crippen molar-refractivity contribution in [3.63, 3.8) is 0 Å². The summed E-state index contributed by atoms with van der Waals surface area (Å²) in [5.74, 6) is -1.93. The van der Waals surface area contributed by atoms with Gasteiger partial charge in [-0.2, -0.15) is 18.3 Å². The number of halogens is 4. The van der Waals surface area contributed by atoms with Crippen LogP contribution in [-0.2, 0) is 11.6 Å². The maximum Gasteiger partial charge on any atom is 0.435 e. The Morgan fingerprint density at radius 3 is 2.47 bits per heavy atom. The molecular weight excluding hydrogens is 428 g/mol. The van der Waals surface area contributed by atoms with Crippen LogP contribution in [0.2, 0.25) is 0 Å². The first-order valence-corrected chi connectivity index (χ1v) is 10.1. The molecule has 0 atom stereocenters. The number of pyridine rings is 1. The topological polar surface area (TPSA) is 85.6 Å². The van der Waals surface area contributed by atoms with Gasteiger partial charge in [-0.3, -0.25) is 9.78 Å². The zero-order valence-corrected chi connectivity index (χ0v) is 16.9. The van der Waals surface area contributed by atoms with Gasteiger partial charge < -0.3 is 5.32 Å². The SMILES string of the molecule is O=C(NCC1(c2cccnc2)CCCCC1)c1cn(-c2ncc(F)cn2)nc1C(F)(F)F. The fraction of sp³-hybridized carbons (Fsp3) is 0.381. The average Bonchev–Trinajstić information content (AvgIpc) is 3.26. The fourth-order valence-electron chi connectivity index (χ4n) is 4.09. The molecule has 0 radical (unpaired) electrons. The average molecular weight is 448 g/mol. The molecule has 32 heavy (non-hydrogen) atoms. The zero-order chi connectivity index (χ0) is 22.8. The van der Waals surface area contributed by atoms with Gasteiger partial charge in [-0.15, -0.1) is 0 Å². The summed E-state index contributed by atoms with van der Waals surface area (Å²) in [7, 11) is 0. The highest BCUT2D eigenvalue weighted by atomic mass is 19.4. The van der Waals surface area contributed by atoms with Crippen LogP contribution in [0, 0.1) is 5.82 Å². The van der Waals surface area contributed by atoms with Crippen molar-refractivity contribution >= 4 is 5.91 Å². The first-order valence-electron chi connectivity index (χ1n) is 10.1. The summed E-state index contributed by atoms with van der Waals surface area (Å²) in [5.41, 5.74) is -1.45. The Bertz CT molecular complexity index is 1080. The number of hydrogen-bond donors (Lipinski definition) is 1. The van der Waals surface area contributed by atoms with Gasteiger partial charge in [0.2, 0.25) is 0 Å². The van der Waals surface area contributed by atoms with Crippen LogP contribution in [0.5, 0.6) is 0 Å². The molecule has 11 heteroatoms. The van der Waals surface area contributed by atoms with Crippen LogP contribution < -0.4 is 5.32 Å². The smallest absolute Gasteiger partial charge is 0.351 e. The van der Waals surface area contributed by atoms with Gasteiger partial charge in [-0.05, 0) is 24.5 Å². The Kier molecular flexibility index (Phi) is 5.90. The maximum atomic E-state index is 13.6. The van der Waals surface area contributed by atoms with E-state index in [0.29, 0.717) is 4.68 Å². The molecule has 1 amide bonds. The molecule has 4 rings (SSSR count). The third-order valence-corrected chi connectivity index (χ3v) is 5.71. The van der Waals surface area contributed by atoms with E-state index in [0.717, 1.165) is 56.3 Å². The minimum absolute atomic E-state index is 0.174. The van der Waals surface area contributed by atoms with E-state index in [1.54, 1.807) is 12.4 Å². The molecule has 0 aromatic carbocycles. The summed E-state index contributed by atoms with van der Waals surface area (Å²) in [6.45, 7) is 0.174. The van der Waals surface area contributed by atoms with E-state index in [2.05, 4.69) is 25.4 Å². The summed E-state index contributed by atoms with van der Waals surface area (Å²) in [6.07, 6.45) is 5.61. The van der Waals surface area contributed by atoms with Gasteiger partial charge in [0.1, 0.15) is 0 Å². The largest absolute Gasteiger partial charge is 0.435 e. The van der Waals surface area contributed by atoms with Gasteiger partial charge in [0.25, 0.3) is 11.9 Å². The van der Waals surface area contributed by atoms with Crippen molar-refractivity contribution in [2.24, 2.45) is 0 Å². The second-order valence-electron chi connectivity index (χ2n) is 7.80. The minimum Gasteiger partial charge on any atom is -0.351 e. The molecule has 1 aliphatic carbocycles. The van der Waals surface area contributed by atoms with Crippen LogP contribution in [0.3, 0.4) is 0 Å². The molecule has 0 spiro atoms. The van der Waals surface area contributed by atoms with Crippen LogP contribution in [0.4, 0.5) is 17.6 Å². The molecule has 1 saturated carbocycles. The molecule has 0 aliphatic heterocycles. The lowest BCUT2D eigenvalue weighted by Gasteiger charge is -2.37. The van der Waals surface area contributed by atoms with Crippen LogP contribution in [0.1, 0.15) is 53.7 Å². The minimum atomic E-state index is -4.87. The van der Waals surface area contributed by atoms with E-state index >= 15 is 0 Å². The molecular formula is C21H20F4N6O. The fourth-order valence-corrected chi connectivity index (χ4v) is 4.09. The molecule has 0 unspecified atom stereocenters. The second-order valence-corrected chi connectivity index (χ2v) is 7.80. The highest BCUT2D eigenvalue weighted by Gasteiger charge is 2.40. The molecule has 1 N–H and O–H groups in total. The lowest BCUT2D eigenvalue weighted by Crippen LogP contribution is -2.42. The first kappa shape index (κ1) is 21.8. The first-order chi connectivity index (χ1) is 15.3. The lowest BCUT2D eigenvalue weighted by molar-refractivity contribution is -0.141. The second kappa shape index (κ2) is 8.64. The predicted octanol–water partition coefficient (Wildman–Crippen LogP) is 3.85. The Morgan fingerprint density at radius 1 is 1.12 bits per heavy atom.